The monoisotopic (exact) mass is 412 g/mol. The minimum Gasteiger partial charge on any atom is -0.340 e. The molecule has 0 fully saturated rings. The van der Waals surface area contributed by atoms with Gasteiger partial charge in [-0.25, -0.2) is 15.8 Å². The SMILES string of the molecule is O=C(N/N=C/C=C/c1ccccc1)c1nc[nH]c1C(=O)N/N=C/C=C/c1ccccc1. The highest BCUT2D eigenvalue weighted by molar-refractivity contribution is 6.05. The minimum absolute atomic E-state index is 0.0169. The summed E-state index contributed by atoms with van der Waals surface area (Å²) in [7, 11) is 0. The van der Waals surface area contributed by atoms with E-state index in [-0.39, 0.29) is 11.4 Å². The van der Waals surface area contributed by atoms with Crippen LogP contribution in [0.15, 0.2) is 89.3 Å². The van der Waals surface area contributed by atoms with Crippen LogP contribution in [0.4, 0.5) is 0 Å². The Hall–Kier alpha value is -4.59. The normalized spacial score (nSPS) is 11.6. The first-order chi connectivity index (χ1) is 15.2. The number of hydrogen-bond donors (Lipinski definition) is 3. The average Bonchev–Trinajstić information content (AvgIpc) is 3.30. The predicted octanol–water partition coefficient (Wildman–Crippen LogP) is 3.27. The number of rotatable bonds is 8. The van der Waals surface area contributed by atoms with Gasteiger partial charge in [-0.15, -0.1) is 0 Å². The lowest BCUT2D eigenvalue weighted by atomic mass is 10.2. The molecule has 0 saturated heterocycles. The summed E-state index contributed by atoms with van der Waals surface area (Å²) >= 11 is 0. The number of amides is 2. The van der Waals surface area contributed by atoms with Crippen LogP contribution in [-0.4, -0.2) is 34.2 Å². The fourth-order valence-corrected chi connectivity index (χ4v) is 2.46. The second-order valence-electron chi connectivity index (χ2n) is 6.10. The van der Waals surface area contributed by atoms with Gasteiger partial charge in [-0.2, -0.15) is 10.2 Å². The van der Waals surface area contributed by atoms with Crippen LogP contribution in [0.5, 0.6) is 0 Å². The number of aromatic nitrogens is 2. The molecule has 8 heteroatoms. The van der Waals surface area contributed by atoms with Crippen LogP contribution >= 0.6 is 0 Å². The van der Waals surface area contributed by atoms with Gasteiger partial charge in [0.25, 0.3) is 11.8 Å². The first-order valence-corrected chi connectivity index (χ1v) is 9.37. The summed E-state index contributed by atoms with van der Waals surface area (Å²) in [5, 5.41) is 7.65. The maximum atomic E-state index is 12.2. The van der Waals surface area contributed by atoms with Crippen LogP contribution < -0.4 is 10.9 Å². The summed E-state index contributed by atoms with van der Waals surface area (Å²) in [6.45, 7) is 0. The van der Waals surface area contributed by atoms with E-state index < -0.39 is 11.8 Å². The number of carbonyl (C=O) groups is 2. The third-order valence-electron chi connectivity index (χ3n) is 3.91. The number of nitrogens with one attached hydrogen (secondary N) is 3. The number of hydrazone groups is 2. The first-order valence-electron chi connectivity index (χ1n) is 9.37. The van der Waals surface area contributed by atoms with Gasteiger partial charge in [-0.1, -0.05) is 72.8 Å². The number of benzene rings is 2. The van der Waals surface area contributed by atoms with Gasteiger partial charge in [-0.05, 0) is 23.3 Å². The van der Waals surface area contributed by atoms with Crippen molar-refractivity contribution in [1.29, 1.82) is 0 Å². The number of allylic oxidation sites excluding steroid dienone is 2. The van der Waals surface area contributed by atoms with E-state index >= 15 is 0 Å². The van der Waals surface area contributed by atoms with Crippen molar-refractivity contribution in [3.63, 3.8) is 0 Å². The van der Waals surface area contributed by atoms with Crippen LogP contribution in [0.1, 0.15) is 32.1 Å². The zero-order valence-corrected chi connectivity index (χ0v) is 16.5. The molecule has 2 amide bonds. The van der Waals surface area contributed by atoms with Gasteiger partial charge < -0.3 is 4.98 Å². The quantitative estimate of drug-likeness (QED) is 0.390. The molecule has 0 aliphatic heterocycles. The number of nitrogens with zero attached hydrogens (tertiary/aromatic N) is 3. The molecule has 0 spiro atoms. The third kappa shape index (κ3) is 6.75. The van der Waals surface area contributed by atoms with Gasteiger partial charge >= 0.3 is 0 Å². The zero-order valence-electron chi connectivity index (χ0n) is 16.5. The van der Waals surface area contributed by atoms with E-state index in [1.54, 1.807) is 12.2 Å². The van der Waals surface area contributed by atoms with Gasteiger partial charge in [0.05, 0.1) is 6.33 Å². The molecule has 0 radical (unpaired) electrons. The highest BCUT2D eigenvalue weighted by atomic mass is 16.2. The summed E-state index contributed by atoms with van der Waals surface area (Å²) < 4.78 is 0. The molecule has 3 aromatic rings. The zero-order chi connectivity index (χ0) is 21.7. The molecular formula is C23H20N6O2. The van der Waals surface area contributed by atoms with Crippen LogP contribution in [0, 0.1) is 0 Å². The largest absolute Gasteiger partial charge is 0.340 e. The molecule has 3 N–H and O–H groups in total. The lowest BCUT2D eigenvalue weighted by Gasteiger charge is -2.00. The maximum Gasteiger partial charge on any atom is 0.292 e. The smallest absolute Gasteiger partial charge is 0.292 e. The Labute approximate surface area is 179 Å². The Morgan fingerprint density at radius 1 is 0.774 bits per heavy atom. The fourth-order valence-electron chi connectivity index (χ4n) is 2.46. The number of imidazole rings is 1. The second kappa shape index (κ2) is 11.4. The van der Waals surface area contributed by atoms with Crippen molar-refractivity contribution in [1.82, 2.24) is 20.8 Å². The summed E-state index contributed by atoms with van der Waals surface area (Å²) in [5.41, 5.74) is 6.58. The molecule has 0 saturated carbocycles. The molecule has 2 aromatic carbocycles. The van der Waals surface area contributed by atoms with Crippen LogP contribution in [0.3, 0.4) is 0 Å². The van der Waals surface area contributed by atoms with E-state index in [1.807, 2.05) is 72.8 Å². The number of hydrogen-bond acceptors (Lipinski definition) is 5. The summed E-state index contributed by atoms with van der Waals surface area (Å²) in [6.07, 6.45) is 11.2. The van der Waals surface area contributed by atoms with Crippen molar-refractivity contribution in [3.05, 3.63) is 102 Å². The number of aromatic amines is 1. The standard InChI is InChI=1S/C23H20N6O2/c30-22(28-26-15-7-13-18-9-3-1-4-10-18)20-21(25-17-24-20)23(31)29-27-16-8-14-19-11-5-2-6-12-19/h1-17H,(H,24,25)(H,28,30)(H,29,31)/b13-7+,14-8+,26-15+,27-16+. The molecule has 0 aliphatic carbocycles. The Morgan fingerprint density at radius 3 is 1.84 bits per heavy atom. The van der Waals surface area contributed by atoms with Crippen molar-refractivity contribution < 1.29 is 9.59 Å². The van der Waals surface area contributed by atoms with E-state index in [0.717, 1.165) is 11.1 Å². The maximum absolute atomic E-state index is 12.2. The molecule has 0 atom stereocenters. The van der Waals surface area contributed by atoms with Gasteiger partial charge in [0.15, 0.2) is 5.69 Å². The van der Waals surface area contributed by atoms with Gasteiger partial charge in [0.1, 0.15) is 5.69 Å². The Bertz CT molecular complexity index is 1030. The van der Waals surface area contributed by atoms with Crippen LogP contribution in [0.2, 0.25) is 0 Å². The Morgan fingerprint density at radius 2 is 1.29 bits per heavy atom. The summed E-state index contributed by atoms with van der Waals surface area (Å²) in [4.78, 5) is 31.0. The lowest BCUT2D eigenvalue weighted by molar-refractivity contribution is 0.0915. The molecule has 0 aliphatic rings. The molecule has 154 valence electrons. The Kier molecular flexibility index (Phi) is 7.78. The Balaban J connectivity index is 1.50. The fraction of sp³-hybridized carbons (Fsp3) is 0. The van der Waals surface area contributed by atoms with Crippen molar-refractivity contribution in [3.8, 4) is 0 Å². The van der Waals surface area contributed by atoms with E-state index in [2.05, 4.69) is 31.0 Å². The van der Waals surface area contributed by atoms with E-state index in [1.165, 1.54) is 18.8 Å². The van der Waals surface area contributed by atoms with Gasteiger partial charge in [0, 0.05) is 12.4 Å². The molecule has 0 unspecified atom stereocenters. The van der Waals surface area contributed by atoms with Gasteiger partial charge in [0.2, 0.25) is 0 Å². The van der Waals surface area contributed by atoms with E-state index in [4.69, 9.17) is 0 Å². The predicted molar refractivity (Wildman–Crippen MR) is 121 cm³/mol. The molecule has 0 bridgehead atoms. The molecule has 31 heavy (non-hydrogen) atoms. The van der Waals surface area contributed by atoms with Crippen LogP contribution in [-0.2, 0) is 0 Å². The molecule has 8 nitrogen and oxygen atoms in total. The molecular weight excluding hydrogens is 392 g/mol. The molecule has 3 rings (SSSR count). The third-order valence-corrected chi connectivity index (χ3v) is 3.91. The summed E-state index contributed by atoms with van der Waals surface area (Å²) in [6, 6.07) is 19.3. The average molecular weight is 412 g/mol. The summed E-state index contributed by atoms with van der Waals surface area (Å²) in [5.74, 6) is -1.22. The van der Waals surface area contributed by atoms with E-state index in [9.17, 15) is 9.59 Å². The van der Waals surface area contributed by atoms with Crippen molar-refractivity contribution >= 4 is 36.4 Å². The second-order valence-corrected chi connectivity index (χ2v) is 6.10. The number of H-pyrrole nitrogens is 1. The number of carbonyl (C=O) groups excluding carboxylic acids is 2. The van der Waals surface area contributed by atoms with Crippen molar-refractivity contribution in [2.24, 2.45) is 10.2 Å². The molecule has 1 heterocycles. The topological polar surface area (TPSA) is 112 Å². The van der Waals surface area contributed by atoms with E-state index in [0.29, 0.717) is 0 Å². The first kappa shape index (κ1) is 21.1. The highest BCUT2D eigenvalue weighted by Crippen LogP contribution is 2.03. The molecule has 1 aromatic heterocycles. The van der Waals surface area contributed by atoms with Crippen molar-refractivity contribution in [2.45, 2.75) is 0 Å². The van der Waals surface area contributed by atoms with Crippen molar-refractivity contribution in [2.75, 3.05) is 0 Å². The minimum atomic E-state index is -0.622. The highest BCUT2D eigenvalue weighted by Gasteiger charge is 2.19. The lowest BCUT2D eigenvalue weighted by Crippen LogP contribution is -2.25. The van der Waals surface area contributed by atoms with Crippen LogP contribution in [0.25, 0.3) is 12.2 Å². The van der Waals surface area contributed by atoms with Gasteiger partial charge in [-0.3, -0.25) is 9.59 Å².